The number of aromatic nitrogens is 1. The number of benzene rings is 1. The topological polar surface area (TPSA) is 47.2 Å². The summed E-state index contributed by atoms with van der Waals surface area (Å²) >= 11 is 0. The number of hydrogen-bond donors (Lipinski definition) is 1. The van der Waals surface area contributed by atoms with Crippen LogP contribution in [0.5, 0.6) is 0 Å². The molecule has 0 spiro atoms. The number of rotatable bonds is 2. The van der Waals surface area contributed by atoms with Crippen LogP contribution in [0.2, 0.25) is 0 Å². The molecule has 1 fully saturated rings. The average Bonchev–Trinajstić information content (AvgIpc) is 3.00. The molecule has 6 heteroatoms. The lowest BCUT2D eigenvalue weighted by atomic mass is 9.93. The second-order valence-electron chi connectivity index (χ2n) is 4.92. The highest BCUT2D eigenvalue weighted by molar-refractivity contribution is 5.74. The van der Waals surface area contributed by atoms with Crippen molar-refractivity contribution in [1.82, 2.24) is 9.88 Å². The smallest absolute Gasteiger partial charge is 0.408 e. The highest BCUT2D eigenvalue weighted by atomic mass is 19.3. The third-order valence-electron chi connectivity index (χ3n) is 3.75. The molecular weight excluding hydrogens is 254 g/mol. The minimum Gasteiger partial charge on any atom is -0.408 e. The van der Waals surface area contributed by atoms with Crippen LogP contribution in [0.15, 0.2) is 27.4 Å². The number of alkyl halides is 2. The predicted molar refractivity (Wildman–Crippen MR) is 66.3 cm³/mol. The van der Waals surface area contributed by atoms with Crippen LogP contribution >= 0.6 is 0 Å². The van der Waals surface area contributed by atoms with Crippen LogP contribution in [-0.2, 0) is 13.0 Å². The predicted octanol–water partition coefficient (Wildman–Crippen LogP) is 1.83. The van der Waals surface area contributed by atoms with Crippen LogP contribution in [0.3, 0.4) is 0 Å². The summed E-state index contributed by atoms with van der Waals surface area (Å²) in [5, 5.41) is 2.95. The molecule has 0 amide bonds. The Morgan fingerprint density at radius 1 is 1.47 bits per heavy atom. The maximum Gasteiger partial charge on any atom is 0.419 e. The van der Waals surface area contributed by atoms with E-state index in [1.165, 1.54) is 29.8 Å². The highest BCUT2D eigenvalue weighted by Crippen LogP contribution is 2.39. The van der Waals surface area contributed by atoms with E-state index in [0.717, 1.165) is 0 Å². The number of oxazole rings is 1. The van der Waals surface area contributed by atoms with Crippen molar-refractivity contribution in [3.8, 4) is 0 Å². The van der Waals surface area contributed by atoms with Gasteiger partial charge in [0, 0.05) is 25.1 Å². The third-order valence-corrected chi connectivity index (χ3v) is 3.75. The Kier molecular flexibility index (Phi) is 2.70. The molecule has 1 saturated heterocycles. The van der Waals surface area contributed by atoms with Crippen LogP contribution < -0.4 is 11.1 Å². The normalized spacial score (nSPS) is 20.3. The summed E-state index contributed by atoms with van der Waals surface area (Å²) in [6.07, 6.45) is 0.454. The molecule has 19 heavy (non-hydrogen) atoms. The zero-order valence-electron chi connectivity index (χ0n) is 10.5. The Morgan fingerprint density at radius 2 is 2.26 bits per heavy atom. The number of hydrogen-bond acceptors (Lipinski definition) is 3. The van der Waals surface area contributed by atoms with Gasteiger partial charge in [-0.3, -0.25) is 4.57 Å². The molecule has 2 aromatic rings. The summed E-state index contributed by atoms with van der Waals surface area (Å²) in [4.78, 5) is 11.4. The maximum absolute atomic E-state index is 14.4. The second-order valence-corrected chi connectivity index (χ2v) is 4.92. The molecule has 2 heterocycles. The minimum atomic E-state index is -2.90. The van der Waals surface area contributed by atoms with Crippen molar-refractivity contribution in [1.29, 1.82) is 0 Å². The van der Waals surface area contributed by atoms with E-state index in [2.05, 4.69) is 5.32 Å². The van der Waals surface area contributed by atoms with E-state index in [1.807, 2.05) is 0 Å². The molecule has 1 aromatic heterocycles. The maximum atomic E-state index is 14.4. The van der Waals surface area contributed by atoms with Gasteiger partial charge in [-0.25, -0.2) is 13.6 Å². The van der Waals surface area contributed by atoms with Crippen LogP contribution in [0.4, 0.5) is 8.78 Å². The largest absolute Gasteiger partial charge is 0.419 e. The second kappa shape index (κ2) is 4.16. The van der Waals surface area contributed by atoms with Crippen molar-refractivity contribution >= 4 is 11.1 Å². The van der Waals surface area contributed by atoms with Gasteiger partial charge >= 0.3 is 5.76 Å². The monoisotopic (exact) mass is 268 g/mol. The Morgan fingerprint density at radius 3 is 2.95 bits per heavy atom. The number of halogens is 2. The van der Waals surface area contributed by atoms with Crippen LogP contribution in [-0.4, -0.2) is 17.7 Å². The lowest BCUT2D eigenvalue weighted by Gasteiger charge is -2.22. The summed E-state index contributed by atoms with van der Waals surface area (Å²) in [5.74, 6) is -4.14. The van der Waals surface area contributed by atoms with E-state index in [0.29, 0.717) is 30.6 Å². The van der Waals surface area contributed by atoms with E-state index in [1.54, 1.807) is 0 Å². The fourth-order valence-corrected chi connectivity index (χ4v) is 2.53. The van der Waals surface area contributed by atoms with E-state index in [9.17, 15) is 13.6 Å². The first-order valence-electron chi connectivity index (χ1n) is 6.19. The Bertz CT molecular complexity index is 669. The van der Waals surface area contributed by atoms with Crippen LogP contribution in [0.25, 0.3) is 11.1 Å². The van der Waals surface area contributed by atoms with Gasteiger partial charge < -0.3 is 9.73 Å². The average molecular weight is 268 g/mol. The molecule has 1 aliphatic heterocycles. The first kappa shape index (κ1) is 12.3. The molecule has 4 nitrogen and oxygen atoms in total. The first-order chi connectivity index (χ1) is 9.00. The third kappa shape index (κ3) is 1.87. The molecule has 0 bridgehead atoms. The van der Waals surface area contributed by atoms with Crippen molar-refractivity contribution in [3.63, 3.8) is 0 Å². The molecule has 0 aliphatic carbocycles. The fraction of sp³-hybridized carbons (Fsp3) is 0.462. The Hall–Kier alpha value is -1.69. The number of nitrogens with zero attached hydrogens (tertiary/aromatic N) is 1. The van der Waals surface area contributed by atoms with Gasteiger partial charge in [0.1, 0.15) is 0 Å². The minimum absolute atomic E-state index is 0.0647. The van der Waals surface area contributed by atoms with Crippen LogP contribution in [0.1, 0.15) is 12.0 Å². The molecule has 1 aromatic carbocycles. The quantitative estimate of drug-likeness (QED) is 0.904. The van der Waals surface area contributed by atoms with Gasteiger partial charge in [-0.1, -0.05) is 0 Å². The summed E-state index contributed by atoms with van der Waals surface area (Å²) in [5.41, 5.74) is 0.662. The fourth-order valence-electron chi connectivity index (χ4n) is 2.53. The molecule has 3 rings (SSSR count). The van der Waals surface area contributed by atoms with Gasteiger partial charge in [0.2, 0.25) is 0 Å². The van der Waals surface area contributed by atoms with E-state index < -0.39 is 17.6 Å². The van der Waals surface area contributed by atoms with E-state index in [-0.39, 0.29) is 5.56 Å². The van der Waals surface area contributed by atoms with Gasteiger partial charge in [-0.2, -0.15) is 0 Å². The molecule has 1 aliphatic rings. The van der Waals surface area contributed by atoms with Crippen LogP contribution in [0, 0.1) is 5.92 Å². The van der Waals surface area contributed by atoms with Crippen molar-refractivity contribution < 1.29 is 13.2 Å². The van der Waals surface area contributed by atoms with Crippen molar-refractivity contribution in [2.24, 2.45) is 13.0 Å². The number of aryl methyl sites for hydroxylation is 1. The summed E-state index contributed by atoms with van der Waals surface area (Å²) in [6.45, 7) is 0.933. The van der Waals surface area contributed by atoms with Gasteiger partial charge in [0.25, 0.3) is 5.92 Å². The van der Waals surface area contributed by atoms with Gasteiger partial charge in [-0.15, -0.1) is 0 Å². The Balaban J connectivity index is 2.09. The molecule has 102 valence electrons. The van der Waals surface area contributed by atoms with Gasteiger partial charge in [0.05, 0.1) is 5.52 Å². The number of nitrogens with one attached hydrogen (secondary N) is 1. The van der Waals surface area contributed by atoms with E-state index in [4.69, 9.17) is 4.42 Å². The lowest BCUT2D eigenvalue weighted by molar-refractivity contribution is -0.0574. The molecule has 1 atom stereocenters. The summed E-state index contributed by atoms with van der Waals surface area (Å²) in [6, 6.07) is 4.12. The molecule has 0 saturated carbocycles. The Labute approximate surface area is 108 Å². The summed E-state index contributed by atoms with van der Waals surface area (Å²) < 4.78 is 34.9. The van der Waals surface area contributed by atoms with E-state index >= 15 is 0 Å². The molecular formula is C13H14F2N2O2. The van der Waals surface area contributed by atoms with Gasteiger partial charge in [0.15, 0.2) is 5.58 Å². The number of fused-ring (bicyclic) bond motifs is 1. The SMILES string of the molecule is Cn1c(=O)oc2ccc(C(F)(F)C3CCNC3)cc21. The zero-order chi connectivity index (χ0) is 13.6. The first-order valence-corrected chi connectivity index (χ1v) is 6.19. The zero-order valence-corrected chi connectivity index (χ0v) is 10.5. The molecule has 0 radical (unpaired) electrons. The van der Waals surface area contributed by atoms with Gasteiger partial charge in [-0.05, 0) is 31.2 Å². The molecule has 1 N–H and O–H groups in total. The van der Waals surface area contributed by atoms with Crippen molar-refractivity contribution in [2.45, 2.75) is 12.3 Å². The standard InChI is InChI=1S/C13H14F2N2O2/c1-17-10-6-8(2-3-11(10)19-12(17)18)13(14,15)9-4-5-16-7-9/h2-3,6,9,16H,4-5,7H2,1H3. The summed E-state index contributed by atoms with van der Waals surface area (Å²) in [7, 11) is 1.51. The highest BCUT2D eigenvalue weighted by Gasteiger charge is 2.42. The van der Waals surface area contributed by atoms with Crippen molar-refractivity contribution in [3.05, 3.63) is 34.3 Å². The molecule has 1 unspecified atom stereocenters. The van der Waals surface area contributed by atoms with Crippen molar-refractivity contribution in [2.75, 3.05) is 13.1 Å². The lowest BCUT2D eigenvalue weighted by Crippen LogP contribution is -2.27.